The number of hydrogen-bond acceptors (Lipinski definition) is 5. The maximum Gasteiger partial charge on any atom is 0.270 e. The number of methoxy groups -OCH3 is 2. The van der Waals surface area contributed by atoms with Crippen LogP contribution in [-0.2, 0) is 13.0 Å². The van der Waals surface area contributed by atoms with Crippen molar-refractivity contribution in [2.24, 2.45) is 0 Å². The van der Waals surface area contributed by atoms with Crippen molar-refractivity contribution >= 4 is 5.91 Å². The fourth-order valence-electron chi connectivity index (χ4n) is 3.01. The van der Waals surface area contributed by atoms with E-state index in [1.165, 1.54) is 6.20 Å². The molecule has 1 amide bonds. The van der Waals surface area contributed by atoms with E-state index >= 15 is 0 Å². The second-order valence-corrected chi connectivity index (χ2v) is 6.44. The average molecular weight is 390 g/mol. The Kier molecular flexibility index (Phi) is 6.48. The molecule has 0 radical (unpaired) electrons. The van der Waals surface area contributed by atoms with Gasteiger partial charge in [-0.2, -0.15) is 5.26 Å². The summed E-state index contributed by atoms with van der Waals surface area (Å²) >= 11 is 0. The van der Waals surface area contributed by atoms with Crippen molar-refractivity contribution < 1.29 is 14.3 Å². The van der Waals surface area contributed by atoms with E-state index in [1.807, 2.05) is 36.4 Å². The van der Waals surface area contributed by atoms with Gasteiger partial charge in [0.05, 0.1) is 19.8 Å². The molecule has 0 spiro atoms. The molecule has 2 heterocycles. The minimum atomic E-state index is -0.163. The minimum absolute atomic E-state index is 0.163. The number of aromatic nitrogens is 2. The Morgan fingerprint density at radius 1 is 1.10 bits per heavy atom. The maximum atomic E-state index is 13.0. The van der Waals surface area contributed by atoms with E-state index in [1.54, 1.807) is 37.6 Å². The van der Waals surface area contributed by atoms with Crippen LogP contribution in [0.4, 0.5) is 0 Å². The Labute approximate surface area is 169 Å². The summed E-state index contributed by atoms with van der Waals surface area (Å²) in [6.45, 7) is 0.938. The third-order valence-corrected chi connectivity index (χ3v) is 4.57. The fourth-order valence-corrected chi connectivity index (χ4v) is 3.01. The van der Waals surface area contributed by atoms with Gasteiger partial charge in [-0.05, 0) is 47.9 Å². The molecule has 0 fully saturated rings. The first-order valence-electron chi connectivity index (χ1n) is 9.12. The van der Waals surface area contributed by atoms with E-state index in [9.17, 15) is 4.79 Å². The van der Waals surface area contributed by atoms with Gasteiger partial charge < -0.3 is 19.4 Å². The average Bonchev–Trinajstić information content (AvgIpc) is 3.26. The number of ether oxygens (including phenoxy) is 2. The normalized spacial score (nSPS) is 10.2. The number of nitrogens with one attached hydrogen (secondary N) is 1. The second-order valence-electron chi connectivity index (χ2n) is 6.44. The number of carbonyl (C=O) groups is 1. The van der Waals surface area contributed by atoms with Crippen LogP contribution in [0.25, 0.3) is 0 Å². The molecule has 0 saturated heterocycles. The van der Waals surface area contributed by atoms with Crippen LogP contribution in [0, 0.1) is 11.3 Å². The van der Waals surface area contributed by atoms with Crippen molar-refractivity contribution in [1.29, 1.82) is 5.26 Å². The summed E-state index contributed by atoms with van der Waals surface area (Å²) in [5, 5.41) is 9.03. The first kappa shape index (κ1) is 20.0. The molecule has 0 saturated carbocycles. The topological polar surface area (TPSA) is 91.2 Å². The number of carbonyl (C=O) groups excluding carboxylic acids is 1. The van der Waals surface area contributed by atoms with E-state index in [4.69, 9.17) is 14.7 Å². The summed E-state index contributed by atoms with van der Waals surface area (Å²) < 4.78 is 10.6. The molecule has 0 aliphatic carbocycles. The van der Waals surface area contributed by atoms with Crippen molar-refractivity contribution in [2.45, 2.75) is 13.0 Å². The highest BCUT2D eigenvalue weighted by Gasteiger charge is 2.18. The number of nitrogens with zero attached hydrogens (tertiary/aromatic N) is 3. The van der Waals surface area contributed by atoms with Crippen molar-refractivity contribution in [3.8, 4) is 17.6 Å². The molecule has 1 N–H and O–H groups in total. The zero-order chi connectivity index (χ0) is 20.6. The van der Waals surface area contributed by atoms with Crippen LogP contribution in [-0.4, -0.2) is 41.5 Å². The second kappa shape index (κ2) is 9.42. The Balaban J connectivity index is 1.79. The largest absolute Gasteiger partial charge is 0.493 e. The number of rotatable bonds is 8. The van der Waals surface area contributed by atoms with E-state index in [0.717, 1.165) is 11.1 Å². The van der Waals surface area contributed by atoms with Crippen molar-refractivity contribution in [2.75, 3.05) is 20.8 Å². The van der Waals surface area contributed by atoms with Crippen LogP contribution in [0.1, 0.15) is 27.2 Å². The number of pyridine rings is 1. The molecule has 148 valence electrons. The van der Waals surface area contributed by atoms with Gasteiger partial charge in [-0.3, -0.25) is 9.78 Å². The van der Waals surface area contributed by atoms with Gasteiger partial charge in [-0.1, -0.05) is 6.07 Å². The first-order chi connectivity index (χ1) is 14.1. The molecule has 0 aliphatic rings. The van der Waals surface area contributed by atoms with Crippen LogP contribution in [0.3, 0.4) is 0 Å². The minimum Gasteiger partial charge on any atom is -0.493 e. The lowest BCUT2D eigenvalue weighted by molar-refractivity contribution is 0.0740. The number of amides is 1. The van der Waals surface area contributed by atoms with Crippen LogP contribution < -0.4 is 9.47 Å². The van der Waals surface area contributed by atoms with E-state index in [-0.39, 0.29) is 5.91 Å². The first-order valence-corrected chi connectivity index (χ1v) is 9.12. The summed E-state index contributed by atoms with van der Waals surface area (Å²) in [4.78, 5) is 21.7. The lowest BCUT2D eigenvalue weighted by Gasteiger charge is -2.22. The number of benzene rings is 1. The smallest absolute Gasteiger partial charge is 0.270 e. The molecule has 7 nitrogen and oxygen atoms in total. The Hall–Kier alpha value is -3.79. The highest BCUT2D eigenvalue weighted by Crippen LogP contribution is 2.27. The van der Waals surface area contributed by atoms with Crippen LogP contribution in [0.5, 0.6) is 11.5 Å². The van der Waals surface area contributed by atoms with Crippen molar-refractivity contribution in [3.05, 3.63) is 77.4 Å². The highest BCUT2D eigenvalue weighted by atomic mass is 16.5. The zero-order valence-electron chi connectivity index (χ0n) is 16.4. The van der Waals surface area contributed by atoms with Gasteiger partial charge in [0, 0.05) is 31.7 Å². The summed E-state index contributed by atoms with van der Waals surface area (Å²) in [6, 6.07) is 13.1. The van der Waals surface area contributed by atoms with Gasteiger partial charge in [-0.25, -0.2) is 0 Å². The molecule has 3 aromatic rings. The predicted octanol–water partition coefficient (Wildman–Crippen LogP) is 3.18. The Morgan fingerprint density at radius 2 is 1.86 bits per heavy atom. The molecule has 0 atom stereocenters. The summed E-state index contributed by atoms with van der Waals surface area (Å²) in [7, 11) is 3.19. The van der Waals surface area contributed by atoms with E-state index in [2.05, 4.69) is 9.97 Å². The zero-order valence-corrected chi connectivity index (χ0v) is 16.4. The molecule has 1 aromatic carbocycles. The van der Waals surface area contributed by atoms with Gasteiger partial charge >= 0.3 is 0 Å². The number of H-pyrrole nitrogens is 1. The van der Waals surface area contributed by atoms with E-state index < -0.39 is 0 Å². The molecule has 29 heavy (non-hydrogen) atoms. The molecule has 0 bridgehead atoms. The molecular formula is C22H22N4O3. The Bertz CT molecular complexity index is 1010. The third kappa shape index (κ3) is 4.93. The lowest BCUT2D eigenvalue weighted by atomic mass is 10.1. The quantitative estimate of drug-likeness (QED) is 0.638. The Morgan fingerprint density at radius 3 is 2.52 bits per heavy atom. The van der Waals surface area contributed by atoms with Crippen molar-refractivity contribution in [1.82, 2.24) is 14.9 Å². The molecule has 0 unspecified atom stereocenters. The van der Waals surface area contributed by atoms with E-state index in [0.29, 0.717) is 42.3 Å². The van der Waals surface area contributed by atoms with Crippen molar-refractivity contribution in [3.63, 3.8) is 0 Å². The van der Waals surface area contributed by atoms with Gasteiger partial charge in [0.2, 0.25) is 0 Å². The summed E-state index contributed by atoms with van der Waals surface area (Å²) in [5.41, 5.74) is 2.83. The number of hydrogen-bond donors (Lipinski definition) is 1. The molecule has 7 heteroatoms. The highest BCUT2D eigenvalue weighted by molar-refractivity contribution is 5.92. The van der Waals surface area contributed by atoms with Gasteiger partial charge in [0.25, 0.3) is 5.91 Å². The van der Waals surface area contributed by atoms with Crippen LogP contribution in [0.2, 0.25) is 0 Å². The number of nitriles is 1. The van der Waals surface area contributed by atoms with Gasteiger partial charge in [-0.15, -0.1) is 0 Å². The SMILES string of the molecule is COc1ccc(CCN(Cc2ccncc2)C(=O)c2cc(C#N)c[nH]2)cc1OC. The summed E-state index contributed by atoms with van der Waals surface area (Å²) in [6.07, 6.45) is 5.58. The van der Waals surface area contributed by atoms with Gasteiger partial charge in [0.1, 0.15) is 11.8 Å². The van der Waals surface area contributed by atoms with Crippen LogP contribution in [0.15, 0.2) is 55.0 Å². The molecule has 0 aliphatic heterocycles. The standard InChI is InChI=1S/C22H22N4O3/c1-28-20-4-3-16(12-21(20)29-2)7-10-26(15-17-5-8-24-9-6-17)22(27)19-11-18(13-23)14-25-19/h3-6,8-9,11-12,14,25H,7,10,15H2,1-2H3. The summed E-state index contributed by atoms with van der Waals surface area (Å²) in [5.74, 6) is 1.15. The predicted molar refractivity (Wildman–Crippen MR) is 108 cm³/mol. The molecular weight excluding hydrogens is 368 g/mol. The number of aromatic amines is 1. The third-order valence-electron chi connectivity index (χ3n) is 4.57. The van der Waals surface area contributed by atoms with Crippen LogP contribution >= 0.6 is 0 Å². The molecule has 2 aromatic heterocycles. The maximum absolute atomic E-state index is 13.0. The van der Waals surface area contributed by atoms with Gasteiger partial charge in [0.15, 0.2) is 11.5 Å². The lowest BCUT2D eigenvalue weighted by Crippen LogP contribution is -2.32. The molecule has 3 rings (SSSR count). The monoisotopic (exact) mass is 390 g/mol. The fraction of sp³-hybridized carbons (Fsp3) is 0.227.